The monoisotopic (exact) mass is 370 g/mol. The molecule has 0 aliphatic carbocycles. The van der Waals surface area contributed by atoms with E-state index in [1.54, 1.807) is 39.9 Å². The first-order chi connectivity index (χ1) is 12.7. The number of hydrogen-bond acceptors (Lipinski definition) is 4. The van der Waals surface area contributed by atoms with Gasteiger partial charge in [-0.05, 0) is 57.5 Å². The first-order valence-corrected chi connectivity index (χ1v) is 9.10. The minimum absolute atomic E-state index is 0.0178. The van der Waals surface area contributed by atoms with E-state index < -0.39 is 5.60 Å². The zero-order valence-corrected chi connectivity index (χ0v) is 16.3. The zero-order valence-electron chi connectivity index (χ0n) is 16.3. The Morgan fingerprint density at radius 1 is 1.22 bits per heavy atom. The molecule has 7 heteroatoms. The topological polar surface area (TPSA) is 67.7 Å². The van der Waals surface area contributed by atoms with Crippen LogP contribution in [-0.4, -0.2) is 63.4 Å². The van der Waals surface area contributed by atoms with Crippen molar-refractivity contribution >= 4 is 12.0 Å². The Balaban J connectivity index is 1.61. The number of amides is 2. The van der Waals surface area contributed by atoms with Gasteiger partial charge in [-0.2, -0.15) is 5.10 Å². The lowest BCUT2D eigenvalue weighted by atomic mass is 10.1. The van der Waals surface area contributed by atoms with Gasteiger partial charge >= 0.3 is 6.09 Å². The molecule has 27 heavy (non-hydrogen) atoms. The van der Waals surface area contributed by atoms with Crippen molar-refractivity contribution in [3.63, 3.8) is 0 Å². The number of aromatic nitrogens is 2. The second kappa shape index (κ2) is 7.42. The van der Waals surface area contributed by atoms with Gasteiger partial charge in [0, 0.05) is 38.1 Å². The van der Waals surface area contributed by atoms with E-state index in [4.69, 9.17) is 4.74 Å². The first kappa shape index (κ1) is 18.9. The number of ether oxygens (including phenoxy) is 1. The smallest absolute Gasteiger partial charge is 0.410 e. The molecule has 0 bridgehead atoms. The van der Waals surface area contributed by atoms with Crippen molar-refractivity contribution in [2.24, 2.45) is 0 Å². The molecule has 1 aromatic heterocycles. The van der Waals surface area contributed by atoms with Crippen LogP contribution in [0.2, 0.25) is 0 Å². The van der Waals surface area contributed by atoms with Gasteiger partial charge in [-0.25, -0.2) is 9.48 Å². The highest BCUT2D eigenvalue weighted by atomic mass is 16.6. The second-order valence-corrected chi connectivity index (χ2v) is 7.78. The first-order valence-electron chi connectivity index (χ1n) is 9.10. The number of hydrogen-bond donors (Lipinski definition) is 0. The molecule has 3 rings (SSSR count). The van der Waals surface area contributed by atoms with Crippen LogP contribution in [0, 0.1) is 0 Å². The number of nitrogens with zero attached hydrogens (tertiary/aromatic N) is 4. The number of carbonyl (C=O) groups excluding carboxylic acids is 2. The van der Waals surface area contributed by atoms with Crippen LogP contribution in [0.15, 0.2) is 42.7 Å². The third-order valence-electron chi connectivity index (χ3n) is 4.57. The molecule has 0 radical (unpaired) electrons. The van der Waals surface area contributed by atoms with Crippen LogP contribution in [0.3, 0.4) is 0 Å². The molecule has 0 unspecified atom stereocenters. The van der Waals surface area contributed by atoms with Crippen molar-refractivity contribution in [3.05, 3.63) is 48.3 Å². The van der Waals surface area contributed by atoms with E-state index >= 15 is 0 Å². The third-order valence-corrected chi connectivity index (χ3v) is 4.57. The Morgan fingerprint density at radius 2 is 1.93 bits per heavy atom. The lowest BCUT2D eigenvalue weighted by Crippen LogP contribution is -2.41. The zero-order chi connectivity index (χ0) is 19.6. The number of likely N-dealkylation sites (N-methyl/N-ethyl adjacent to an activating group) is 1. The Bertz CT molecular complexity index is 794. The summed E-state index contributed by atoms with van der Waals surface area (Å²) in [5.41, 5.74) is 0.994. The van der Waals surface area contributed by atoms with E-state index in [9.17, 15) is 9.59 Å². The van der Waals surface area contributed by atoms with Crippen molar-refractivity contribution in [1.82, 2.24) is 19.6 Å². The molecule has 1 fully saturated rings. The molecule has 0 spiro atoms. The van der Waals surface area contributed by atoms with Crippen LogP contribution in [0.25, 0.3) is 5.69 Å². The molecule has 1 aliphatic heterocycles. The van der Waals surface area contributed by atoms with Gasteiger partial charge < -0.3 is 14.5 Å². The largest absolute Gasteiger partial charge is 0.444 e. The molecule has 1 aliphatic rings. The standard InChI is InChI=1S/C20H26N4O3/c1-20(2,3)27-19(26)23-13-10-17(14-23)22(4)18(25)15-6-8-16(9-7-15)24-12-5-11-21-24/h5-9,11-12,17H,10,13-14H2,1-4H3/t17-/m1/s1. The lowest BCUT2D eigenvalue weighted by molar-refractivity contribution is 0.0279. The van der Waals surface area contributed by atoms with E-state index in [0.717, 1.165) is 12.1 Å². The maximum Gasteiger partial charge on any atom is 0.410 e. The predicted octanol–water partition coefficient (Wildman–Crippen LogP) is 2.95. The number of rotatable bonds is 3. The van der Waals surface area contributed by atoms with E-state index in [2.05, 4.69) is 5.10 Å². The van der Waals surface area contributed by atoms with Crippen LogP contribution < -0.4 is 0 Å². The Morgan fingerprint density at radius 3 is 2.52 bits per heavy atom. The van der Waals surface area contributed by atoms with E-state index in [0.29, 0.717) is 18.7 Å². The molecular weight excluding hydrogens is 344 g/mol. The summed E-state index contributed by atoms with van der Waals surface area (Å²) in [6, 6.07) is 9.18. The van der Waals surface area contributed by atoms with Crippen molar-refractivity contribution in [3.8, 4) is 5.69 Å². The lowest BCUT2D eigenvalue weighted by Gasteiger charge is -2.27. The number of carbonyl (C=O) groups is 2. The maximum atomic E-state index is 12.8. The van der Waals surface area contributed by atoms with E-state index in [1.165, 1.54) is 0 Å². The van der Waals surface area contributed by atoms with Gasteiger partial charge in [-0.1, -0.05) is 0 Å². The van der Waals surface area contributed by atoms with Gasteiger partial charge in [-0.15, -0.1) is 0 Å². The molecule has 7 nitrogen and oxygen atoms in total. The summed E-state index contributed by atoms with van der Waals surface area (Å²) in [6.07, 6.45) is 3.98. The number of benzene rings is 1. The molecule has 1 atom stereocenters. The van der Waals surface area contributed by atoms with Gasteiger partial charge in [0.05, 0.1) is 11.7 Å². The summed E-state index contributed by atoms with van der Waals surface area (Å²) >= 11 is 0. The maximum absolute atomic E-state index is 12.8. The van der Waals surface area contributed by atoms with Crippen LogP contribution >= 0.6 is 0 Å². The normalized spacial score (nSPS) is 17.0. The average Bonchev–Trinajstić information content (AvgIpc) is 3.31. The van der Waals surface area contributed by atoms with Crippen LogP contribution in [0.1, 0.15) is 37.6 Å². The molecule has 144 valence electrons. The Labute approximate surface area is 159 Å². The van der Waals surface area contributed by atoms with Crippen LogP contribution in [-0.2, 0) is 4.74 Å². The summed E-state index contributed by atoms with van der Waals surface area (Å²) in [4.78, 5) is 28.4. The van der Waals surface area contributed by atoms with Crippen molar-refractivity contribution in [2.45, 2.75) is 38.8 Å². The SMILES string of the molecule is CN(C(=O)c1ccc(-n2cccn2)cc1)[C@@H]1CCN(C(=O)OC(C)(C)C)C1. The quantitative estimate of drug-likeness (QED) is 0.833. The summed E-state index contributed by atoms with van der Waals surface area (Å²) in [7, 11) is 1.78. The van der Waals surface area contributed by atoms with Crippen LogP contribution in [0.5, 0.6) is 0 Å². The number of likely N-dealkylation sites (tertiary alicyclic amines) is 1. The molecule has 2 aromatic rings. The highest BCUT2D eigenvalue weighted by Crippen LogP contribution is 2.20. The fraction of sp³-hybridized carbons (Fsp3) is 0.450. The Hall–Kier alpha value is -2.83. The molecule has 0 saturated carbocycles. The minimum atomic E-state index is -0.521. The fourth-order valence-electron chi connectivity index (χ4n) is 3.10. The third kappa shape index (κ3) is 4.48. The van der Waals surface area contributed by atoms with Crippen LogP contribution in [0.4, 0.5) is 4.79 Å². The van der Waals surface area contributed by atoms with Crippen molar-refractivity contribution in [2.75, 3.05) is 20.1 Å². The van der Waals surface area contributed by atoms with Gasteiger partial charge in [0.1, 0.15) is 5.60 Å². The Kier molecular flexibility index (Phi) is 5.21. The second-order valence-electron chi connectivity index (χ2n) is 7.78. The molecule has 1 saturated heterocycles. The molecule has 0 N–H and O–H groups in total. The highest BCUT2D eigenvalue weighted by Gasteiger charge is 2.33. The molecule has 2 heterocycles. The summed E-state index contributed by atoms with van der Waals surface area (Å²) in [5, 5.41) is 4.18. The fourth-order valence-corrected chi connectivity index (χ4v) is 3.10. The van der Waals surface area contributed by atoms with Gasteiger partial charge in [0.2, 0.25) is 0 Å². The predicted molar refractivity (Wildman–Crippen MR) is 102 cm³/mol. The minimum Gasteiger partial charge on any atom is -0.444 e. The molecular formula is C20H26N4O3. The summed E-state index contributed by atoms with van der Waals surface area (Å²) in [5.74, 6) is -0.0574. The average molecular weight is 370 g/mol. The van der Waals surface area contributed by atoms with Gasteiger partial charge in [0.25, 0.3) is 5.91 Å². The van der Waals surface area contributed by atoms with E-state index in [-0.39, 0.29) is 18.0 Å². The van der Waals surface area contributed by atoms with Gasteiger partial charge in [0.15, 0.2) is 0 Å². The molecule has 2 amide bonds. The van der Waals surface area contributed by atoms with E-state index in [1.807, 2.05) is 45.2 Å². The van der Waals surface area contributed by atoms with Crippen molar-refractivity contribution < 1.29 is 14.3 Å². The summed E-state index contributed by atoms with van der Waals surface area (Å²) in [6.45, 7) is 6.63. The van der Waals surface area contributed by atoms with Gasteiger partial charge in [-0.3, -0.25) is 4.79 Å². The molecule has 1 aromatic carbocycles. The highest BCUT2D eigenvalue weighted by molar-refractivity contribution is 5.94. The summed E-state index contributed by atoms with van der Waals surface area (Å²) < 4.78 is 7.16. The van der Waals surface area contributed by atoms with Crippen molar-refractivity contribution in [1.29, 1.82) is 0 Å².